The highest BCUT2D eigenvalue weighted by Gasteiger charge is 2.08. The second-order valence-corrected chi connectivity index (χ2v) is 3.91. The number of carbonyl (C=O) groups is 1. The standard InChI is InChI=1S/C13H12ClNO2/c1-2-17-13(16)11(14)7-9-8-15-12-6-4-3-5-10(9)12/h3-8,15H,2H2,1H3/b11-7-. The van der Waals surface area contributed by atoms with Gasteiger partial charge in [-0.3, -0.25) is 0 Å². The van der Waals surface area contributed by atoms with Crippen molar-refractivity contribution in [3.8, 4) is 0 Å². The largest absolute Gasteiger partial charge is 0.462 e. The maximum Gasteiger partial charge on any atom is 0.349 e. The van der Waals surface area contributed by atoms with E-state index < -0.39 is 5.97 Å². The highest BCUT2D eigenvalue weighted by Crippen LogP contribution is 2.21. The third-order valence-corrected chi connectivity index (χ3v) is 2.64. The Balaban J connectivity index is 2.35. The molecule has 88 valence electrons. The lowest BCUT2D eigenvalue weighted by atomic mass is 10.1. The van der Waals surface area contributed by atoms with Crippen molar-refractivity contribution in [3.63, 3.8) is 0 Å². The monoisotopic (exact) mass is 249 g/mol. The number of benzene rings is 1. The number of rotatable bonds is 3. The van der Waals surface area contributed by atoms with Gasteiger partial charge in [0.1, 0.15) is 5.03 Å². The normalized spacial score (nSPS) is 11.8. The van der Waals surface area contributed by atoms with Crippen LogP contribution in [0.5, 0.6) is 0 Å². The highest BCUT2D eigenvalue weighted by molar-refractivity contribution is 6.43. The van der Waals surface area contributed by atoms with E-state index in [-0.39, 0.29) is 5.03 Å². The quantitative estimate of drug-likeness (QED) is 0.670. The lowest BCUT2D eigenvalue weighted by Crippen LogP contribution is -2.03. The van der Waals surface area contributed by atoms with Crippen LogP contribution >= 0.6 is 11.6 Å². The minimum absolute atomic E-state index is 0.0802. The molecule has 0 spiro atoms. The molecule has 0 aliphatic heterocycles. The van der Waals surface area contributed by atoms with Gasteiger partial charge >= 0.3 is 5.97 Å². The first-order chi connectivity index (χ1) is 8.22. The minimum Gasteiger partial charge on any atom is -0.462 e. The molecule has 1 N–H and O–H groups in total. The predicted octanol–water partition coefficient (Wildman–Crippen LogP) is 3.31. The molecule has 0 aliphatic carbocycles. The number of fused-ring (bicyclic) bond motifs is 1. The van der Waals surface area contributed by atoms with Crippen LogP contribution in [0.15, 0.2) is 35.5 Å². The molecule has 1 aromatic carbocycles. The highest BCUT2D eigenvalue weighted by atomic mass is 35.5. The van der Waals surface area contributed by atoms with Crippen molar-refractivity contribution >= 4 is 34.5 Å². The number of esters is 1. The van der Waals surface area contributed by atoms with Crippen LogP contribution in [-0.4, -0.2) is 17.6 Å². The number of halogens is 1. The number of hydrogen-bond donors (Lipinski definition) is 1. The molecule has 0 aliphatic rings. The summed E-state index contributed by atoms with van der Waals surface area (Å²) >= 11 is 5.87. The summed E-state index contributed by atoms with van der Waals surface area (Å²) in [7, 11) is 0. The van der Waals surface area contributed by atoms with Crippen molar-refractivity contribution in [2.24, 2.45) is 0 Å². The van der Waals surface area contributed by atoms with E-state index in [2.05, 4.69) is 4.98 Å². The van der Waals surface area contributed by atoms with E-state index in [9.17, 15) is 4.79 Å². The van der Waals surface area contributed by atoms with Crippen molar-refractivity contribution in [2.75, 3.05) is 6.61 Å². The molecule has 0 amide bonds. The Morgan fingerprint density at radius 3 is 3.00 bits per heavy atom. The number of hydrogen-bond acceptors (Lipinski definition) is 2. The van der Waals surface area contributed by atoms with Gasteiger partial charge in [-0.15, -0.1) is 0 Å². The summed E-state index contributed by atoms with van der Waals surface area (Å²) in [5.41, 5.74) is 1.88. The number of nitrogens with one attached hydrogen (secondary N) is 1. The van der Waals surface area contributed by atoms with Gasteiger partial charge in [0.25, 0.3) is 0 Å². The van der Waals surface area contributed by atoms with Crippen molar-refractivity contribution < 1.29 is 9.53 Å². The average Bonchev–Trinajstić information content (AvgIpc) is 2.73. The van der Waals surface area contributed by atoms with Crippen LogP contribution < -0.4 is 0 Å². The number of H-pyrrole nitrogens is 1. The fourth-order valence-electron chi connectivity index (χ4n) is 1.61. The second-order valence-electron chi connectivity index (χ2n) is 3.50. The molecule has 2 rings (SSSR count). The molecule has 1 heterocycles. The van der Waals surface area contributed by atoms with E-state index in [1.165, 1.54) is 0 Å². The Morgan fingerprint density at radius 1 is 1.47 bits per heavy atom. The van der Waals surface area contributed by atoms with E-state index in [0.717, 1.165) is 16.5 Å². The fraction of sp³-hybridized carbons (Fsp3) is 0.154. The molecule has 0 bridgehead atoms. The summed E-state index contributed by atoms with van der Waals surface area (Å²) in [5.74, 6) is -0.501. The van der Waals surface area contributed by atoms with Gasteiger partial charge in [-0.1, -0.05) is 29.8 Å². The fourth-order valence-corrected chi connectivity index (χ4v) is 1.78. The molecular formula is C13H12ClNO2. The number of ether oxygens (including phenoxy) is 1. The Bertz CT molecular complexity index is 572. The molecule has 0 saturated carbocycles. The topological polar surface area (TPSA) is 42.1 Å². The van der Waals surface area contributed by atoms with Crippen LogP contribution in [-0.2, 0) is 9.53 Å². The molecule has 17 heavy (non-hydrogen) atoms. The molecule has 0 radical (unpaired) electrons. The molecule has 0 unspecified atom stereocenters. The second kappa shape index (κ2) is 5.06. The Labute approximate surface area is 104 Å². The number of aromatic amines is 1. The van der Waals surface area contributed by atoms with E-state index >= 15 is 0 Å². The van der Waals surface area contributed by atoms with Gasteiger partial charge in [0, 0.05) is 22.7 Å². The lowest BCUT2D eigenvalue weighted by molar-refractivity contribution is -0.137. The zero-order valence-electron chi connectivity index (χ0n) is 9.37. The Morgan fingerprint density at radius 2 is 2.24 bits per heavy atom. The lowest BCUT2D eigenvalue weighted by Gasteiger charge is -1.99. The van der Waals surface area contributed by atoms with Gasteiger partial charge in [0.15, 0.2) is 0 Å². The van der Waals surface area contributed by atoms with Crippen molar-refractivity contribution in [2.45, 2.75) is 6.92 Å². The molecule has 4 heteroatoms. The van der Waals surface area contributed by atoms with Crippen LogP contribution in [0.1, 0.15) is 12.5 Å². The summed E-state index contributed by atoms with van der Waals surface area (Å²) in [5, 5.41) is 1.10. The molecular weight excluding hydrogens is 238 g/mol. The molecule has 0 saturated heterocycles. The van der Waals surface area contributed by atoms with Crippen molar-refractivity contribution in [1.29, 1.82) is 0 Å². The molecule has 2 aromatic rings. The van der Waals surface area contributed by atoms with E-state index in [1.54, 1.807) is 13.0 Å². The van der Waals surface area contributed by atoms with Crippen molar-refractivity contribution in [1.82, 2.24) is 4.98 Å². The Hall–Kier alpha value is -1.74. The average molecular weight is 250 g/mol. The summed E-state index contributed by atoms with van der Waals surface area (Å²) in [6, 6.07) is 7.81. The first-order valence-electron chi connectivity index (χ1n) is 5.33. The third-order valence-electron chi connectivity index (χ3n) is 2.37. The zero-order valence-corrected chi connectivity index (χ0v) is 10.1. The molecule has 3 nitrogen and oxygen atoms in total. The van der Waals surface area contributed by atoms with Crippen LogP contribution in [0.25, 0.3) is 17.0 Å². The maximum atomic E-state index is 11.4. The third kappa shape index (κ3) is 2.50. The maximum absolute atomic E-state index is 11.4. The van der Waals surface area contributed by atoms with Gasteiger partial charge in [0.05, 0.1) is 6.61 Å². The van der Waals surface area contributed by atoms with Gasteiger partial charge in [-0.05, 0) is 19.1 Å². The van der Waals surface area contributed by atoms with Crippen LogP contribution in [0.2, 0.25) is 0 Å². The van der Waals surface area contributed by atoms with Gasteiger partial charge < -0.3 is 9.72 Å². The molecule has 1 aromatic heterocycles. The van der Waals surface area contributed by atoms with E-state index in [0.29, 0.717) is 6.61 Å². The molecule has 0 atom stereocenters. The van der Waals surface area contributed by atoms with Gasteiger partial charge in [0.2, 0.25) is 0 Å². The first kappa shape index (κ1) is 11.7. The summed E-state index contributed by atoms with van der Waals surface area (Å²) in [6.45, 7) is 2.06. The SMILES string of the molecule is CCOC(=O)/C(Cl)=C/c1c[nH]c2ccccc12. The molecule has 0 fully saturated rings. The summed E-state index contributed by atoms with van der Waals surface area (Å²) in [4.78, 5) is 14.5. The number of aromatic nitrogens is 1. The summed E-state index contributed by atoms with van der Waals surface area (Å²) < 4.78 is 4.82. The van der Waals surface area contributed by atoms with Crippen molar-refractivity contribution in [3.05, 3.63) is 41.1 Å². The zero-order chi connectivity index (χ0) is 12.3. The predicted molar refractivity (Wildman–Crippen MR) is 68.8 cm³/mol. The number of carbonyl (C=O) groups excluding carboxylic acids is 1. The van der Waals surface area contributed by atoms with Crippen LogP contribution in [0.3, 0.4) is 0 Å². The van der Waals surface area contributed by atoms with E-state index in [1.807, 2.05) is 30.5 Å². The van der Waals surface area contributed by atoms with Crippen LogP contribution in [0.4, 0.5) is 0 Å². The van der Waals surface area contributed by atoms with E-state index in [4.69, 9.17) is 16.3 Å². The van der Waals surface area contributed by atoms with Crippen LogP contribution in [0, 0.1) is 0 Å². The van der Waals surface area contributed by atoms with Gasteiger partial charge in [-0.2, -0.15) is 0 Å². The Kier molecular flexibility index (Phi) is 3.49. The minimum atomic E-state index is -0.501. The smallest absolute Gasteiger partial charge is 0.349 e. The number of para-hydroxylation sites is 1. The summed E-state index contributed by atoms with van der Waals surface area (Å²) in [6.07, 6.45) is 3.42. The van der Waals surface area contributed by atoms with Gasteiger partial charge in [-0.25, -0.2) is 4.79 Å². The first-order valence-corrected chi connectivity index (χ1v) is 5.70.